The van der Waals surface area contributed by atoms with Gasteiger partial charge in [0.2, 0.25) is 0 Å². The molecular formula is C24H27N5O2S. The minimum atomic E-state index is 0.0278. The largest absolute Gasteiger partial charge is 0.489 e. The summed E-state index contributed by atoms with van der Waals surface area (Å²) in [7, 11) is 4.07. The Morgan fingerprint density at radius 2 is 1.97 bits per heavy atom. The van der Waals surface area contributed by atoms with E-state index in [0.717, 1.165) is 45.9 Å². The van der Waals surface area contributed by atoms with E-state index < -0.39 is 0 Å². The molecule has 8 heteroatoms. The molecule has 166 valence electrons. The van der Waals surface area contributed by atoms with Gasteiger partial charge >= 0.3 is 0 Å². The van der Waals surface area contributed by atoms with Gasteiger partial charge in [-0.15, -0.1) is 11.3 Å². The molecule has 0 aliphatic rings. The fourth-order valence-electron chi connectivity index (χ4n) is 3.53. The van der Waals surface area contributed by atoms with E-state index >= 15 is 0 Å². The molecule has 1 unspecified atom stereocenters. The van der Waals surface area contributed by atoms with Crippen molar-refractivity contribution in [3.05, 3.63) is 64.9 Å². The Balaban J connectivity index is 1.56. The molecule has 2 aromatic heterocycles. The minimum absolute atomic E-state index is 0.0278. The van der Waals surface area contributed by atoms with Crippen molar-refractivity contribution in [1.82, 2.24) is 19.9 Å². The van der Waals surface area contributed by atoms with Crippen molar-refractivity contribution >= 4 is 33.7 Å². The van der Waals surface area contributed by atoms with E-state index in [1.807, 2.05) is 68.3 Å². The van der Waals surface area contributed by atoms with E-state index in [2.05, 4.69) is 32.1 Å². The second-order valence-electron chi connectivity index (χ2n) is 7.94. The predicted octanol–water partition coefficient (Wildman–Crippen LogP) is 5.05. The van der Waals surface area contributed by atoms with Gasteiger partial charge in [0, 0.05) is 17.6 Å². The number of anilines is 2. The minimum Gasteiger partial charge on any atom is -0.489 e. The smallest absolute Gasteiger partial charge is 0.145 e. The highest BCUT2D eigenvalue weighted by Crippen LogP contribution is 2.33. The molecule has 0 amide bonds. The molecule has 0 aliphatic carbocycles. The van der Waals surface area contributed by atoms with Gasteiger partial charge in [0.25, 0.3) is 0 Å². The summed E-state index contributed by atoms with van der Waals surface area (Å²) in [4.78, 5) is 15.3. The molecule has 2 aromatic carbocycles. The number of likely N-dealkylation sites (N-methyl/N-ethyl adjacent to an activating group) is 1. The molecule has 4 rings (SSSR count). The highest BCUT2D eigenvalue weighted by Gasteiger charge is 2.14. The molecule has 0 saturated heterocycles. The molecule has 1 N–H and O–H groups in total. The molecular weight excluding hydrogens is 422 g/mol. The number of nitrogens with one attached hydrogen (secondary N) is 1. The summed E-state index contributed by atoms with van der Waals surface area (Å²) in [6.45, 7) is 5.36. The zero-order valence-electron chi connectivity index (χ0n) is 18.7. The lowest BCUT2D eigenvalue weighted by molar-refractivity contribution is 0.179. The van der Waals surface area contributed by atoms with Crippen LogP contribution < -0.4 is 14.8 Å². The zero-order valence-corrected chi connectivity index (χ0v) is 19.5. The summed E-state index contributed by atoms with van der Waals surface area (Å²) >= 11 is 1.57. The van der Waals surface area contributed by atoms with Crippen LogP contribution in [0.25, 0.3) is 10.9 Å². The van der Waals surface area contributed by atoms with Gasteiger partial charge in [-0.1, -0.05) is 6.07 Å². The van der Waals surface area contributed by atoms with E-state index in [-0.39, 0.29) is 6.10 Å². The first-order valence-corrected chi connectivity index (χ1v) is 11.4. The quantitative estimate of drug-likeness (QED) is 0.383. The lowest BCUT2D eigenvalue weighted by Gasteiger charge is -2.20. The van der Waals surface area contributed by atoms with Crippen LogP contribution in [0.2, 0.25) is 0 Å². The average molecular weight is 450 g/mol. The monoisotopic (exact) mass is 449 g/mol. The van der Waals surface area contributed by atoms with Crippen molar-refractivity contribution in [3.8, 4) is 11.5 Å². The van der Waals surface area contributed by atoms with Gasteiger partial charge in [-0.2, -0.15) is 0 Å². The third-order valence-corrected chi connectivity index (χ3v) is 5.51. The molecule has 2 heterocycles. The van der Waals surface area contributed by atoms with Crippen LogP contribution in [0.15, 0.2) is 53.6 Å². The van der Waals surface area contributed by atoms with Crippen LogP contribution in [0.5, 0.6) is 11.5 Å². The maximum atomic E-state index is 6.24. The maximum Gasteiger partial charge on any atom is 0.145 e. The lowest BCUT2D eigenvalue weighted by atomic mass is 10.1. The molecule has 32 heavy (non-hydrogen) atoms. The molecule has 0 fully saturated rings. The topological polar surface area (TPSA) is 72.4 Å². The summed E-state index contributed by atoms with van der Waals surface area (Å²) in [5, 5.41) is 6.28. The van der Waals surface area contributed by atoms with Crippen LogP contribution in [0.4, 0.5) is 11.5 Å². The first-order valence-electron chi connectivity index (χ1n) is 10.4. The van der Waals surface area contributed by atoms with Crippen molar-refractivity contribution in [2.24, 2.45) is 0 Å². The number of aryl methyl sites for hydroxylation is 1. The SMILES string of the molecule is Cc1cc(Nc2ncnc3cccc(OC(C)CN(C)C)c23)ccc1OCc1cscn1. The van der Waals surface area contributed by atoms with E-state index in [0.29, 0.717) is 12.4 Å². The standard InChI is InChI=1S/C24H27N5O2S/c1-16-10-18(8-9-21(16)30-12-19-13-32-15-27-19)28-24-23-20(25-14-26-24)6-5-7-22(23)31-17(2)11-29(3)4/h5-10,13-15,17H,11-12H2,1-4H3,(H,25,26,28). The Bertz CT molecular complexity index is 1180. The summed E-state index contributed by atoms with van der Waals surface area (Å²) in [6, 6.07) is 11.9. The Kier molecular flexibility index (Phi) is 6.82. The molecule has 0 spiro atoms. The van der Waals surface area contributed by atoms with Crippen molar-refractivity contribution in [3.63, 3.8) is 0 Å². The van der Waals surface area contributed by atoms with Crippen molar-refractivity contribution in [2.45, 2.75) is 26.6 Å². The average Bonchev–Trinajstić information content (AvgIpc) is 3.26. The number of rotatable bonds is 9. The summed E-state index contributed by atoms with van der Waals surface area (Å²) < 4.78 is 12.2. The first kappa shape index (κ1) is 22.0. The number of benzene rings is 2. The molecule has 1 atom stereocenters. The third-order valence-electron chi connectivity index (χ3n) is 4.87. The highest BCUT2D eigenvalue weighted by atomic mass is 32.1. The van der Waals surface area contributed by atoms with Crippen molar-refractivity contribution in [2.75, 3.05) is 26.0 Å². The highest BCUT2D eigenvalue weighted by molar-refractivity contribution is 7.07. The van der Waals surface area contributed by atoms with Crippen molar-refractivity contribution < 1.29 is 9.47 Å². The normalized spacial score (nSPS) is 12.2. The van der Waals surface area contributed by atoms with Gasteiger partial charge in [-0.3, -0.25) is 0 Å². The first-order chi connectivity index (χ1) is 15.5. The van der Waals surface area contributed by atoms with Gasteiger partial charge in [0.15, 0.2) is 0 Å². The molecule has 0 radical (unpaired) electrons. The Labute approximate surface area is 192 Å². The Morgan fingerprint density at radius 1 is 1.09 bits per heavy atom. The van der Waals surface area contributed by atoms with Gasteiger partial charge in [0.1, 0.15) is 36.4 Å². The molecule has 0 aliphatic heterocycles. The second-order valence-corrected chi connectivity index (χ2v) is 8.66. The maximum absolute atomic E-state index is 6.24. The zero-order chi connectivity index (χ0) is 22.5. The number of hydrogen-bond acceptors (Lipinski definition) is 8. The number of hydrogen-bond donors (Lipinski definition) is 1. The fraction of sp³-hybridized carbons (Fsp3) is 0.292. The summed E-state index contributed by atoms with van der Waals surface area (Å²) in [5.41, 5.74) is 5.51. The van der Waals surface area contributed by atoms with E-state index in [1.54, 1.807) is 17.7 Å². The summed E-state index contributed by atoms with van der Waals surface area (Å²) in [6.07, 6.45) is 1.59. The summed E-state index contributed by atoms with van der Waals surface area (Å²) in [5.74, 6) is 2.30. The number of thiazole rings is 1. The van der Waals surface area contributed by atoms with Crippen LogP contribution in [0, 0.1) is 6.92 Å². The number of aromatic nitrogens is 3. The van der Waals surface area contributed by atoms with Crippen molar-refractivity contribution in [1.29, 1.82) is 0 Å². The number of fused-ring (bicyclic) bond motifs is 1. The molecule has 0 saturated carbocycles. The number of nitrogens with zero attached hydrogens (tertiary/aromatic N) is 4. The van der Waals surface area contributed by atoms with Gasteiger partial charge in [0.05, 0.1) is 22.1 Å². The predicted molar refractivity (Wildman–Crippen MR) is 129 cm³/mol. The second kappa shape index (κ2) is 9.93. The van der Waals surface area contributed by atoms with E-state index in [1.165, 1.54) is 0 Å². The Morgan fingerprint density at radius 3 is 2.72 bits per heavy atom. The van der Waals surface area contributed by atoms with E-state index in [9.17, 15) is 0 Å². The van der Waals surface area contributed by atoms with Gasteiger partial charge in [-0.25, -0.2) is 15.0 Å². The van der Waals surface area contributed by atoms with Crippen LogP contribution in [0.3, 0.4) is 0 Å². The van der Waals surface area contributed by atoms with Crippen LogP contribution in [-0.2, 0) is 6.61 Å². The van der Waals surface area contributed by atoms with Crippen LogP contribution >= 0.6 is 11.3 Å². The fourth-order valence-corrected chi connectivity index (χ4v) is 4.07. The molecule has 7 nitrogen and oxygen atoms in total. The van der Waals surface area contributed by atoms with E-state index in [4.69, 9.17) is 9.47 Å². The lowest BCUT2D eigenvalue weighted by Crippen LogP contribution is -2.28. The Hall–Kier alpha value is -3.23. The van der Waals surface area contributed by atoms with Crippen LogP contribution in [-0.4, -0.2) is 46.6 Å². The van der Waals surface area contributed by atoms with Gasteiger partial charge in [-0.05, 0) is 63.8 Å². The van der Waals surface area contributed by atoms with Crippen LogP contribution in [0.1, 0.15) is 18.2 Å². The molecule has 0 bridgehead atoms. The molecule has 4 aromatic rings. The van der Waals surface area contributed by atoms with Gasteiger partial charge < -0.3 is 19.7 Å². The third kappa shape index (κ3) is 5.33. The number of ether oxygens (including phenoxy) is 2.